The van der Waals surface area contributed by atoms with E-state index in [-0.39, 0.29) is 24.7 Å². The van der Waals surface area contributed by atoms with Gasteiger partial charge >= 0.3 is 12.0 Å². The lowest BCUT2D eigenvalue weighted by atomic mass is 10.0. The standard InChI is InChI=1S/C15H22N2O4S/c1-9(14(18)19)8-17(3)15(20)16-10(2)13-11-5-7-22-12(11)4-6-21-13/h5,7,9-10,13H,4,6,8H2,1-3H3,(H,16,20)(H,18,19). The number of hydrogen-bond donors (Lipinski definition) is 2. The Kier molecular flexibility index (Phi) is 5.42. The van der Waals surface area contributed by atoms with Crippen LogP contribution in [0.4, 0.5) is 4.79 Å². The number of nitrogens with one attached hydrogen (secondary N) is 1. The summed E-state index contributed by atoms with van der Waals surface area (Å²) in [6, 6.07) is 1.58. The first-order chi connectivity index (χ1) is 10.4. The quantitative estimate of drug-likeness (QED) is 0.868. The van der Waals surface area contributed by atoms with Crippen molar-refractivity contribution in [1.82, 2.24) is 10.2 Å². The Hall–Kier alpha value is -1.60. The van der Waals surface area contributed by atoms with E-state index < -0.39 is 11.9 Å². The summed E-state index contributed by atoms with van der Waals surface area (Å²) in [6.07, 6.45) is 0.768. The number of carboxylic acid groups (broad SMARTS) is 1. The molecule has 6 nitrogen and oxygen atoms in total. The van der Waals surface area contributed by atoms with E-state index in [0.717, 1.165) is 12.0 Å². The van der Waals surface area contributed by atoms with Crippen LogP contribution in [-0.4, -0.2) is 48.2 Å². The van der Waals surface area contributed by atoms with Crippen molar-refractivity contribution in [3.05, 3.63) is 21.9 Å². The number of aliphatic carboxylic acids is 1. The molecule has 2 amide bonds. The van der Waals surface area contributed by atoms with Gasteiger partial charge in [0.15, 0.2) is 0 Å². The van der Waals surface area contributed by atoms with Crippen molar-refractivity contribution in [1.29, 1.82) is 0 Å². The second kappa shape index (κ2) is 7.11. The average molecular weight is 326 g/mol. The van der Waals surface area contributed by atoms with Gasteiger partial charge in [0, 0.05) is 24.9 Å². The van der Waals surface area contributed by atoms with Crippen LogP contribution in [-0.2, 0) is 16.0 Å². The number of fused-ring (bicyclic) bond motifs is 1. The molecule has 3 unspecified atom stereocenters. The van der Waals surface area contributed by atoms with Crippen molar-refractivity contribution in [3.8, 4) is 0 Å². The number of nitrogens with zero attached hydrogens (tertiary/aromatic N) is 1. The molecule has 0 saturated heterocycles. The largest absolute Gasteiger partial charge is 0.481 e. The molecule has 122 valence electrons. The van der Waals surface area contributed by atoms with E-state index in [1.54, 1.807) is 25.3 Å². The normalized spacial score (nSPS) is 19.9. The van der Waals surface area contributed by atoms with Gasteiger partial charge in [0.2, 0.25) is 0 Å². The second-order valence-electron chi connectivity index (χ2n) is 5.70. The Bertz CT molecular complexity index is 545. The van der Waals surface area contributed by atoms with Gasteiger partial charge in [-0.1, -0.05) is 6.92 Å². The summed E-state index contributed by atoms with van der Waals surface area (Å²) in [6.45, 7) is 4.31. The molecular formula is C15H22N2O4S. The van der Waals surface area contributed by atoms with E-state index in [1.807, 2.05) is 18.4 Å². The first-order valence-corrected chi connectivity index (χ1v) is 8.20. The number of carbonyl (C=O) groups excluding carboxylic acids is 1. The van der Waals surface area contributed by atoms with E-state index >= 15 is 0 Å². The van der Waals surface area contributed by atoms with Crippen molar-refractivity contribution in [3.63, 3.8) is 0 Å². The van der Waals surface area contributed by atoms with Gasteiger partial charge in [-0.05, 0) is 23.9 Å². The molecule has 0 aromatic carbocycles. The van der Waals surface area contributed by atoms with Crippen LogP contribution in [0.15, 0.2) is 11.4 Å². The van der Waals surface area contributed by atoms with E-state index in [9.17, 15) is 9.59 Å². The molecule has 22 heavy (non-hydrogen) atoms. The molecule has 0 aliphatic carbocycles. The number of carboxylic acids is 1. The first kappa shape index (κ1) is 16.8. The predicted molar refractivity (Wildman–Crippen MR) is 84.1 cm³/mol. The van der Waals surface area contributed by atoms with Crippen LogP contribution < -0.4 is 5.32 Å². The molecule has 0 bridgehead atoms. The molecule has 3 atom stereocenters. The third-order valence-electron chi connectivity index (χ3n) is 3.83. The fourth-order valence-electron chi connectivity index (χ4n) is 2.54. The van der Waals surface area contributed by atoms with E-state index in [1.165, 1.54) is 9.78 Å². The number of ether oxygens (including phenoxy) is 1. The Morgan fingerprint density at radius 1 is 1.55 bits per heavy atom. The maximum atomic E-state index is 12.2. The van der Waals surface area contributed by atoms with Crippen molar-refractivity contribution < 1.29 is 19.4 Å². The maximum absolute atomic E-state index is 12.2. The molecule has 7 heteroatoms. The number of urea groups is 1. The van der Waals surface area contributed by atoms with Gasteiger partial charge in [-0.25, -0.2) is 4.79 Å². The maximum Gasteiger partial charge on any atom is 0.317 e. The van der Waals surface area contributed by atoms with Crippen LogP contribution in [0, 0.1) is 5.92 Å². The third kappa shape index (κ3) is 3.78. The number of hydrogen-bond acceptors (Lipinski definition) is 4. The molecule has 2 rings (SSSR count). The van der Waals surface area contributed by atoms with E-state index in [4.69, 9.17) is 9.84 Å². The third-order valence-corrected chi connectivity index (χ3v) is 4.83. The number of rotatable bonds is 5. The van der Waals surface area contributed by atoms with Crippen LogP contribution >= 0.6 is 11.3 Å². The Morgan fingerprint density at radius 3 is 2.95 bits per heavy atom. The summed E-state index contributed by atoms with van der Waals surface area (Å²) >= 11 is 1.71. The molecule has 1 aromatic rings. The van der Waals surface area contributed by atoms with Crippen LogP contribution in [0.25, 0.3) is 0 Å². The number of carbonyl (C=O) groups is 2. The smallest absolute Gasteiger partial charge is 0.317 e. The molecule has 0 fully saturated rings. The summed E-state index contributed by atoms with van der Waals surface area (Å²) < 4.78 is 5.80. The fourth-order valence-corrected chi connectivity index (χ4v) is 3.44. The monoisotopic (exact) mass is 326 g/mol. The van der Waals surface area contributed by atoms with Crippen LogP contribution in [0.2, 0.25) is 0 Å². The van der Waals surface area contributed by atoms with Crippen LogP contribution in [0.1, 0.15) is 30.4 Å². The molecule has 2 N–H and O–H groups in total. The van der Waals surface area contributed by atoms with Crippen LogP contribution in [0.5, 0.6) is 0 Å². The highest BCUT2D eigenvalue weighted by Crippen LogP contribution is 2.33. The molecule has 0 spiro atoms. The molecule has 1 aliphatic rings. The minimum atomic E-state index is -0.911. The lowest BCUT2D eigenvalue weighted by Gasteiger charge is -2.30. The Balaban J connectivity index is 1.93. The predicted octanol–water partition coefficient (Wildman–Crippen LogP) is 2.11. The molecule has 1 aliphatic heterocycles. The Morgan fingerprint density at radius 2 is 2.27 bits per heavy atom. The van der Waals surface area contributed by atoms with Crippen molar-refractivity contribution >= 4 is 23.3 Å². The fraction of sp³-hybridized carbons (Fsp3) is 0.600. The highest BCUT2D eigenvalue weighted by molar-refractivity contribution is 7.10. The van der Waals surface area contributed by atoms with Gasteiger partial charge in [-0.2, -0.15) is 0 Å². The topological polar surface area (TPSA) is 78.9 Å². The van der Waals surface area contributed by atoms with E-state index in [0.29, 0.717) is 6.61 Å². The van der Waals surface area contributed by atoms with Crippen molar-refractivity contribution in [2.24, 2.45) is 5.92 Å². The average Bonchev–Trinajstić information content (AvgIpc) is 2.94. The lowest BCUT2D eigenvalue weighted by Crippen LogP contribution is -2.47. The zero-order valence-electron chi connectivity index (χ0n) is 13.0. The van der Waals surface area contributed by atoms with Crippen LogP contribution in [0.3, 0.4) is 0 Å². The Labute approximate surface area is 134 Å². The van der Waals surface area contributed by atoms with Crippen molar-refractivity contribution in [2.75, 3.05) is 20.2 Å². The molecular weight excluding hydrogens is 304 g/mol. The first-order valence-electron chi connectivity index (χ1n) is 7.32. The molecule has 2 heterocycles. The zero-order chi connectivity index (χ0) is 16.3. The van der Waals surface area contributed by atoms with Crippen molar-refractivity contribution in [2.45, 2.75) is 32.4 Å². The zero-order valence-corrected chi connectivity index (χ0v) is 13.9. The summed E-state index contributed by atoms with van der Waals surface area (Å²) in [5, 5.41) is 13.8. The summed E-state index contributed by atoms with van der Waals surface area (Å²) in [5.41, 5.74) is 1.14. The SMILES string of the molecule is CC(CN(C)C(=O)NC(C)C1OCCc2sccc21)C(=O)O. The number of amides is 2. The van der Waals surface area contributed by atoms with Gasteiger partial charge in [-0.15, -0.1) is 11.3 Å². The highest BCUT2D eigenvalue weighted by atomic mass is 32.1. The van der Waals surface area contributed by atoms with Gasteiger partial charge in [0.05, 0.1) is 18.6 Å². The lowest BCUT2D eigenvalue weighted by molar-refractivity contribution is -0.141. The van der Waals surface area contributed by atoms with E-state index in [2.05, 4.69) is 5.32 Å². The molecule has 0 radical (unpaired) electrons. The molecule has 0 saturated carbocycles. The summed E-state index contributed by atoms with van der Waals surface area (Å²) in [4.78, 5) is 25.7. The van der Waals surface area contributed by atoms with Gasteiger partial charge in [0.1, 0.15) is 6.10 Å². The minimum Gasteiger partial charge on any atom is -0.481 e. The van der Waals surface area contributed by atoms with Gasteiger partial charge < -0.3 is 20.1 Å². The summed E-state index contributed by atoms with van der Waals surface area (Å²) in [7, 11) is 1.60. The summed E-state index contributed by atoms with van der Waals surface area (Å²) in [5.74, 6) is -1.51. The minimum absolute atomic E-state index is 0.149. The van der Waals surface area contributed by atoms with Gasteiger partial charge in [0.25, 0.3) is 0 Å². The number of thiophene rings is 1. The van der Waals surface area contributed by atoms with Gasteiger partial charge in [-0.3, -0.25) is 4.79 Å². The molecule has 1 aromatic heterocycles. The second-order valence-corrected chi connectivity index (χ2v) is 6.70. The highest BCUT2D eigenvalue weighted by Gasteiger charge is 2.29.